The van der Waals surface area contributed by atoms with Gasteiger partial charge in [0.05, 0.1) is 23.1 Å². The van der Waals surface area contributed by atoms with Gasteiger partial charge in [0.2, 0.25) is 5.91 Å². The van der Waals surface area contributed by atoms with Gasteiger partial charge in [0.1, 0.15) is 0 Å². The number of benzene rings is 1. The van der Waals surface area contributed by atoms with Crippen molar-refractivity contribution in [2.24, 2.45) is 5.92 Å². The summed E-state index contributed by atoms with van der Waals surface area (Å²) in [6, 6.07) is 9.83. The lowest BCUT2D eigenvalue weighted by atomic mass is 10.1. The van der Waals surface area contributed by atoms with E-state index in [0.717, 1.165) is 52.7 Å². The van der Waals surface area contributed by atoms with Crippen molar-refractivity contribution >= 4 is 28.9 Å². The van der Waals surface area contributed by atoms with Gasteiger partial charge in [-0.2, -0.15) is 0 Å². The normalized spacial score (nSPS) is 13.4. The van der Waals surface area contributed by atoms with Crippen LogP contribution in [0.1, 0.15) is 28.9 Å². The fraction of sp³-hybridized carbons (Fsp3) is 0.174. The predicted octanol–water partition coefficient (Wildman–Crippen LogP) is 4.16. The number of aromatic amines is 1. The maximum Gasteiger partial charge on any atom is 0.228 e. The van der Waals surface area contributed by atoms with Gasteiger partial charge in [-0.25, -0.2) is 4.98 Å². The van der Waals surface area contributed by atoms with Crippen molar-refractivity contribution in [1.82, 2.24) is 19.9 Å². The number of nitrogens with one attached hydrogen (secondary N) is 2. The van der Waals surface area contributed by atoms with Crippen LogP contribution in [0.15, 0.2) is 48.9 Å². The molecule has 0 unspecified atom stereocenters. The van der Waals surface area contributed by atoms with Crippen molar-refractivity contribution in [2.75, 3.05) is 5.32 Å². The molecule has 1 amide bonds. The number of carbonyl (C=O) groups is 2. The first-order valence-corrected chi connectivity index (χ1v) is 9.79. The summed E-state index contributed by atoms with van der Waals surface area (Å²) in [6.07, 6.45) is 7.57. The molecule has 7 nitrogen and oxygen atoms in total. The van der Waals surface area contributed by atoms with E-state index in [9.17, 15) is 9.59 Å². The molecule has 1 aliphatic rings. The third-order valence-corrected chi connectivity index (χ3v) is 5.27. The average molecular weight is 397 g/mol. The maximum absolute atomic E-state index is 12.2. The summed E-state index contributed by atoms with van der Waals surface area (Å²) < 4.78 is 0. The molecule has 0 radical (unpaired) electrons. The van der Waals surface area contributed by atoms with Gasteiger partial charge in [0, 0.05) is 40.5 Å². The van der Waals surface area contributed by atoms with E-state index in [1.165, 1.54) is 6.20 Å². The van der Waals surface area contributed by atoms with Gasteiger partial charge in [0.15, 0.2) is 12.1 Å². The monoisotopic (exact) mass is 397 g/mol. The number of pyridine rings is 1. The fourth-order valence-electron chi connectivity index (χ4n) is 3.43. The van der Waals surface area contributed by atoms with Crippen LogP contribution in [0.5, 0.6) is 0 Å². The van der Waals surface area contributed by atoms with Crippen molar-refractivity contribution in [2.45, 2.75) is 19.8 Å². The van der Waals surface area contributed by atoms with E-state index < -0.39 is 0 Å². The van der Waals surface area contributed by atoms with Crippen molar-refractivity contribution in [3.05, 3.63) is 60.2 Å². The minimum absolute atomic E-state index is 0.0289. The molecule has 1 aliphatic carbocycles. The number of fused-ring (bicyclic) bond motifs is 1. The highest BCUT2D eigenvalue weighted by atomic mass is 16.2. The summed E-state index contributed by atoms with van der Waals surface area (Å²) in [7, 11) is 0. The van der Waals surface area contributed by atoms with E-state index in [-0.39, 0.29) is 11.8 Å². The molecule has 0 spiro atoms. The molecule has 0 aliphatic heterocycles. The lowest BCUT2D eigenvalue weighted by Crippen LogP contribution is -2.14. The minimum atomic E-state index is -0.0289. The summed E-state index contributed by atoms with van der Waals surface area (Å²) in [5.74, 6) is 0.479. The number of rotatable bonds is 5. The van der Waals surface area contributed by atoms with Crippen molar-refractivity contribution in [1.29, 1.82) is 0 Å². The highest BCUT2D eigenvalue weighted by Crippen LogP contribution is 2.33. The zero-order valence-electron chi connectivity index (χ0n) is 16.3. The van der Waals surface area contributed by atoms with Crippen LogP contribution in [0.25, 0.3) is 33.4 Å². The third kappa shape index (κ3) is 3.34. The molecule has 0 bridgehead atoms. The van der Waals surface area contributed by atoms with Gasteiger partial charge < -0.3 is 10.3 Å². The number of aryl methyl sites for hydroxylation is 1. The van der Waals surface area contributed by atoms with Gasteiger partial charge in [-0.3, -0.25) is 19.6 Å². The zero-order chi connectivity index (χ0) is 20.7. The Morgan fingerprint density at radius 1 is 1.10 bits per heavy atom. The van der Waals surface area contributed by atoms with Crippen LogP contribution < -0.4 is 5.32 Å². The van der Waals surface area contributed by atoms with Crippen molar-refractivity contribution in [3.63, 3.8) is 0 Å². The Balaban J connectivity index is 1.57. The van der Waals surface area contributed by atoms with Crippen LogP contribution in [0.2, 0.25) is 0 Å². The quantitative estimate of drug-likeness (QED) is 0.493. The first-order chi connectivity index (χ1) is 14.6. The molecule has 1 aromatic carbocycles. The Labute approximate surface area is 172 Å². The smallest absolute Gasteiger partial charge is 0.228 e. The summed E-state index contributed by atoms with van der Waals surface area (Å²) in [5.41, 5.74) is 5.45. The van der Waals surface area contributed by atoms with E-state index in [0.29, 0.717) is 16.9 Å². The molecule has 7 heteroatoms. The van der Waals surface area contributed by atoms with Crippen LogP contribution in [-0.4, -0.2) is 32.1 Å². The Bertz CT molecular complexity index is 1270. The van der Waals surface area contributed by atoms with E-state index in [1.54, 1.807) is 12.4 Å². The maximum atomic E-state index is 12.2. The number of aromatic nitrogens is 4. The number of aldehydes is 1. The highest BCUT2D eigenvalue weighted by Gasteiger charge is 2.30. The zero-order valence-corrected chi connectivity index (χ0v) is 16.3. The molecule has 4 aromatic rings. The van der Waals surface area contributed by atoms with Gasteiger partial charge in [0.25, 0.3) is 0 Å². The second-order valence-electron chi connectivity index (χ2n) is 7.54. The van der Waals surface area contributed by atoms with Crippen molar-refractivity contribution < 1.29 is 9.59 Å². The molecule has 1 fully saturated rings. The third-order valence-electron chi connectivity index (χ3n) is 5.27. The van der Waals surface area contributed by atoms with Gasteiger partial charge in [-0.15, -0.1) is 0 Å². The molecule has 1 saturated carbocycles. The molecule has 0 saturated heterocycles. The van der Waals surface area contributed by atoms with E-state index in [1.807, 2.05) is 37.3 Å². The molecule has 30 heavy (non-hydrogen) atoms. The Morgan fingerprint density at radius 3 is 2.67 bits per heavy atom. The van der Waals surface area contributed by atoms with Crippen LogP contribution in [-0.2, 0) is 4.79 Å². The van der Waals surface area contributed by atoms with Crippen molar-refractivity contribution in [3.8, 4) is 22.5 Å². The van der Waals surface area contributed by atoms with Gasteiger partial charge in [-0.1, -0.05) is 18.2 Å². The summed E-state index contributed by atoms with van der Waals surface area (Å²) in [4.78, 5) is 40.1. The predicted molar refractivity (Wildman–Crippen MR) is 114 cm³/mol. The number of anilines is 1. The number of H-pyrrole nitrogens is 1. The molecular weight excluding hydrogens is 378 g/mol. The van der Waals surface area contributed by atoms with Gasteiger partial charge >= 0.3 is 0 Å². The molecule has 3 heterocycles. The lowest BCUT2D eigenvalue weighted by molar-refractivity contribution is -0.117. The second-order valence-corrected chi connectivity index (χ2v) is 7.54. The number of hydrogen-bond donors (Lipinski definition) is 2. The number of hydrogen-bond acceptors (Lipinski definition) is 5. The number of nitrogens with zero attached hydrogens (tertiary/aromatic N) is 3. The standard InChI is InChI=1S/C23H19N5O2/c1-13-9-25-20(11-24-13)16-4-2-3-15(7-16)19-8-18-17(12-29)10-26-22(21(18)27-19)28-23(30)14-5-6-14/h2-4,7-12,14,27H,5-6H2,1H3,(H,26,28,30). The molecule has 5 rings (SSSR count). The molecule has 0 atom stereocenters. The molecule has 3 aromatic heterocycles. The average Bonchev–Trinajstić information content (AvgIpc) is 3.53. The summed E-state index contributed by atoms with van der Waals surface area (Å²) >= 11 is 0. The van der Waals surface area contributed by atoms with Crippen LogP contribution in [0.3, 0.4) is 0 Å². The molecule has 148 valence electrons. The molecular formula is C23H19N5O2. The topological polar surface area (TPSA) is 101 Å². The Kier molecular flexibility index (Phi) is 4.35. The minimum Gasteiger partial charge on any atom is -0.351 e. The van der Waals surface area contributed by atoms with Gasteiger partial charge in [-0.05, 0) is 37.5 Å². The SMILES string of the molecule is Cc1cnc(-c2cccc(-c3cc4c(C=O)cnc(NC(=O)C5CC5)c4[nH]3)c2)cn1. The first-order valence-electron chi connectivity index (χ1n) is 9.79. The second kappa shape index (κ2) is 7.18. The highest BCUT2D eigenvalue weighted by molar-refractivity contribution is 6.06. The van der Waals surface area contributed by atoms with E-state index in [4.69, 9.17) is 0 Å². The Morgan fingerprint density at radius 2 is 1.93 bits per heavy atom. The fourth-order valence-corrected chi connectivity index (χ4v) is 3.43. The van der Waals surface area contributed by atoms with Crippen LogP contribution in [0.4, 0.5) is 5.82 Å². The number of amides is 1. The van der Waals surface area contributed by atoms with E-state index in [2.05, 4.69) is 25.3 Å². The Hall–Kier alpha value is -3.87. The first kappa shape index (κ1) is 18.2. The summed E-state index contributed by atoms with van der Waals surface area (Å²) in [6.45, 7) is 1.90. The summed E-state index contributed by atoms with van der Waals surface area (Å²) in [5, 5.41) is 3.61. The number of carbonyl (C=O) groups excluding carboxylic acids is 2. The van der Waals surface area contributed by atoms with Crippen LogP contribution in [0, 0.1) is 12.8 Å². The molecule has 2 N–H and O–H groups in total. The van der Waals surface area contributed by atoms with Crippen LogP contribution >= 0.6 is 0 Å². The largest absolute Gasteiger partial charge is 0.351 e. The van der Waals surface area contributed by atoms with E-state index >= 15 is 0 Å². The lowest BCUT2D eigenvalue weighted by Gasteiger charge is -2.06.